The van der Waals surface area contributed by atoms with Crippen molar-refractivity contribution in [1.82, 2.24) is 5.32 Å². The Bertz CT molecular complexity index is 418. The molecule has 0 aromatic carbocycles. The molecule has 0 spiro atoms. The van der Waals surface area contributed by atoms with E-state index in [9.17, 15) is 0 Å². The van der Waals surface area contributed by atoms with E-state index in [1.807, 2.05) is 13.1 Å². The molecule has 0 amide bonds. The summed E-state index contributed by atoms with van der Waals surface area (Å²) in [6, 6.07) is 0. The first-order valence-electron chi connectivity index (χ1n) is 6.76. The third-order valence-corrected chi connectivity index (χ3v) is 3.55. The normalized spacial score (nSPS) is 28.3. The summed E-state index contributed by atoms with van der Waals surface area (Å²) < 4.78 is 0. The molecule has 1 unspecified atom stereocenters. The molecule has 0 aromatic heterocycles. The van der Waals surface area contributed by atoms with Gasteiger partial charge in [0.2, 0.25) is 0 Å². The van der Waals surface area contributed by atoms with Crippen LogP contribution < -0.4 is 5.32 Å². The van der Waals surface area contributed by atoms with Crippen molar-refractivity contribution in [2.24, 2.45) is 20.9 Å². The number of nitrogens with zero attached hydrogens (tertiary/aromatic N) is 3. The zero-order chi connectivity index (χ0) is 13.0. The van der Waals surface area contributed by atoms with E-state index in [2.05, 4.69) is 23.3 Å². The molecule has 1 heterocycles. The summed E-state index contributed by atoms with van der Waals surface area (Å²) in [6.07, 6.45) is 8.82. The Hall–Kier alpha value is -1.29. The summed E-state index contributed by atoms with van der Waals surface area (Å²) in [6.45, 7) is 2.11. The maximum absolute atomic E-state index is 4.71. The molecule has 98 valence electrons. The number of allylic oxidation sites excluding steroid dienone is 1. The highest BCUT2D eigenvalue weighted by atomic mass is 15.1. The molecule has 2 rings (SSSR count). The highest BCUT2D eigenvalue weighted by Gasteiger charge is 2.33. The molecule has 0 radical (unpaired) electrons. The molecule has 4 nitrogen and oxygen atoms in total. The van der Waals surface area contributed by atoms with Gasteiger partial charge in [0, 0.05) is 18.7 Å². The van der Waals surface area contributed by atoms with Crippen molar-refractivity contribution >= 4 is 17.3 Å². The van der Waals surface area contributed by atoms with Gasteiger partial charge in [-0.25, -0.2) is 9.98 Å². The number of hydrogen-bond donors (Lipinski definition) is 1. The van der Waals surface area contributed by atoms with Crippen molar-refractivity contribution in [3.05, 3.63) is 12.2 Å². The van der Waals surface area contributed by atoms with Gasteiger partial charge in [-0.2, -0.15) is 0 Å². The average molecular weight is 246 g/mol. The van der Waals surface area contributed by atoms with Crippen LogP contribution in [-0.4, -0.2) is 37.5 Å². The summed E-state index contributed by atoms with van der Waals surface area (Å²) in [7, 11) is 3.77. The number of aliphatic imine (C=N–C) groups is 3. The first-order chi connectivity index (χ1) is 8.80. The number of rotatable bonds is 4. The molecule has 1 aliphatic heterocycles. The molecule has 2 aliphatic rings. The van der Waals surface area contributed by atoms with Crippen LogP contribution in [0, 0.1) is 5.92 Å². The molecule has 1 aliphatic carbocycles. The number of amidine groups is 1. The van der Waals surface area contributed by atoms with Crippen LogP contribution in [0.25, 0.3) is 0 Å². The highest BCUT2D eigenvalue weighted by Crippen LogP contribution is 2.29. The zero-order valence-electron chi connectivity index (χ0n) is 11.5. The minimum atomic E-state index is 0.168. The molecule has 18 heavy (non-hydrogen) atoms. The largest absolute Gasteiger partial charge is 0.298 e. The lowest BCUT2D eigenvalue weighted by molar-refractivity contribution is 0.464. The minimum Gasteiger partial charge on any atom is -0.298 e. The van der Waals surface area contributed by atoms with Crippen LogP contribution in [0.5, 0.6) is 0 Å². The Morgan fingerprint density at radius 1 is 1.56 bits per heavy atom. The van der Waals surface area contributed by atoms with E-state index in [1.54, 1.807) is 7.05 Å². The molecule has 2 atom stereocenters. The van der Waals surface area contributed by atoms with E-state index in [-0.39, 0.29) is 6.17 Å². The summed E-state index contributed by atoms with van der Waals surface area (Å²) in [5, 5.41) is 3.29. The molecule has 1 N–H and O–H groups in total. The van der Waals surface area contributed by atoms with E-state index >= 15 is 0 Å². The fourth-order valence-corrected chi connectivity index (χ4v) is 2.59. The summed E-state index contributed by atoms with van der Waals surface area (Å²) in [4.78, 5) is 13.7. The van der Waals surface area contributed by atoms with Crippen LogP contribution >= 0.6 is 0 Å². The van der Waals surface area contributed by atoms with Gasteiger partial charge >= 0.3 is 0 Å². The lowest BCUT2D eigenvalue weighted by Gasteiger charge is -2.24. The molecule has 4 heteroatoms. The van der Waals surface area contributed by atoms with Gasteiger partial charge in [0.05, 0.1) is 0 Å². The molecular formula is C14H22N4. The van der Waals surface area contributed by atoms with Gasteiger partial charge in [-0.3, -0.25) is 10.3 Å². The fourth-order valence-electron chi connectivity index (χ4n) is 2.59. The van der Waals surface area contributed by atoms with Crippen LogP contribution in [0.2, 0.25) is 0 Å². The topological polar surface area (TPSA) is 49.1 Å². The SMILES string of the molecule is CC/C=C\C(=N/C)C1=NC(NC)[C@H]2CCCC2=N1. The van der Waals surface area contributed by atoms with Gasteiger partial charge in [0.1, 0.15) is 11.9 Å². The second kappa shape index (κ2) is 6.05. The Kier molecular flexibility index (Phi) is 4.42. The molecule has 1 fully saturated rings. The minimum absolute atomic E-state index is 0.168. The van der Waals surface area contributed by atoms with Gasteiger partial charge < -0.3 is 0 Å². The van der Waals surface area contributed by atoms with Gasteiger partial charge in [-0.05, 0) is 38.8 Å². The van der Waals surface area contributed by atoms with Crippen molar-refractivity contribution in [3.8, 4) is 0 Å². The van der Waals surface area contributed by atoms with E-state index in [0.29, 0.717) is 5.92 Å². The summed E-state index contributed by atoms with van der Waals surface area (Å²) in [5.74, 6) is 1.28. The molecule has 0 saturated heterocycles. The van der Waals surface area contributed by atoms with Crippen molar-refractivity contribution in [1.29, 1.82) is 0 Å². The van der Waals surface area contributed by atoms with Crippen molar-refractivity contribution in [2.75, 3.05) is 14.1 Å². The summed E-state index contributed by atoms with van der Waals surface area (Å²) in [5.41, 5.74) is 2.18. The third-order valence-electron chi connectivity index (χ3n) is 3.55. The average Bonchev–Trinajstić information content (AvgIpc) is 2.87. The fraction of sp³-hybridized carbons (Fsp3) is 0.643. The van der Waals surface area contributed by atoms with Crippen molar-refractivity contribution in [2.45, 2.75) is 38.8 Å². The number of nitrogens with one attached hydrogen (secondary N) is 1. The van der Waals surface area contributed by atoms with Crippen LogP contribution in [0.1, 0.15) is 32.6 Å². The molecule has 0 bridgehead atoms. The van der Waals surface area contributed by atoms with Gasteiger partial charge in [-0.1, -0.05) is 13.0 Å². The lowest BCUT2D eigenvalue weighted by Crippen LogP contribution is -2.39. The molecule has 0 aromatic rings. The predicted octanol–water partition coefficient (Wildman–Crippen LogP) is 2.22. The highest BCUT2D eigenvalue weighted by molar-refractivity contribution is 6.47. The molecular weight excluding hydrogens is 224 g/mol. The number of hydrogen-bond acceptors (Lipinski definition) is 4. The van der Waals surface area contributed by atoms with Crippen molar-refractivity contribution < 1.29 is 0 Å². The first-order valence-corrected chi connectivity index (χ1v) is 6.76. The number of fused-ring (bicyclic) bond motifs is 1. The Labute approximate surface area is 109 Å². The Morgan fingerprint density at radius 2 is 2.39 bits per heavy atom. The van der Waals surface area contributed by atoms with Crippen LogP contribution in [0.3, 0.4) is 0 Å². The quantitative estimate of drug-likeness (QED) is 0.760. The molecule has 1 saturated carbocycles. The second-order valence-corrected chi connectivity index (χ2v) is 4.71. The lowest BCUT2D eigenvalue weighted by atomic mass is 10.0. The monoisotopic (exact) mass is 246 g/mol. The van der Waals surface area contributed by atoms with Gasteiger partial charge in [0.15, 0.2) is 5.84 Å². The van der Waals surface area contributed by atoms with E-state index < -0.39 is 0 Å². The standard InChI is InChI=1S/C14H22N4/c1-4-5-8-12(15-2)14-17-11-9-6-7-10(11)13(16-3)18-14/h5,8,10,13,16H,4,6-7,9H2,1-3H3/b8-5-,15-12+/t10-,13?/m0/s1. The third kappa shape index (κ3) is 2.58. The Morgan fingerprint density at radius 3 is 3.06 bits per heavy atom. The van der Waals surface area contributed by atoms with Crippen LogP contribution in [0.15, 0.2) is 27.1 Å². The van der Waals surface area contributed by atoms with Crippen LogP contribution in [-0.2, 0) is 0 Å². The van der Waals surface area contributed by atoms with E-state index in [4.69, 9.17) is 9.98 Å². The maximum atomic E-state index is 4.71. The van der Waals surface area contributed by atoms with E-state index in [0.717, 1.165) is 24.4 Å². The zero-order valence-corrected chi connectivity index (χ0v) is 11.5. The van der Waals surface area contributed by atoms with Crippen LogP contribution in [0.4, 0.5) is 0 Å². The predicted molar refractivity (Wildman–Crippen MR) is 77.8 cm³/mol. The Balaban J connectivity index is 2.27. The van der Waals surface area contributed by atoms with E-state index in [1.165, 1.54) is 18.6 Å². The van der Waals surface area contributed by atoms with Crippen molar-refractivity contribution in [3.63, 3.8) is 0 Å². The smallest absolute Gasteiger partial charge is 0.174 e. The first kappa shape index (κ1) is 13.1. The van der Waals surface area contributed by atoms with Gasteiger partial charge in [-0.15, -0.1) is 0 Å². The van der Waals surface area contributed by atoms with Gasteiger partial charge in [0.25, 0.3) is 0 Å². The summed E-state index contributed by atoms with van der Waals surface area (Å²) >= 11 is 0. The maximum Gasteiger partial charge on any atom is 0.174 e. The second-order valence-electron chi connectivity index (χ2n) is 4.71.